The third kappa shape index (κ3) is 2.36. The third-order valence-electron chi connectivity index (χ3n) is 4.59. The van der Waals surface area contributed by atoms with Gasteiger partial charge in [-0.25, -0.2) is 0 Å². The predicted octanol–water partition coefficient (Wildman–Crippen LogP) is 2.09. The van der Waals surface area contributed by atoms with Gasteiger partial charge in [-0.15, -0.1) is 0 Å². The second-order valence-corrected chi connectivity index (χ2v) is 5.63. The summed E-state index contributed by atoms with van der Waals surface area (Å²) in [6.45, 7) is 0.793. The van der Waals surface area contributed by atoms with E-state index in [2.05, 4.69) is 23.6 Å². The van der Waals surface area contributed by atoms with Gasteiger partial charge >= 0.3 is 0 Å². The topological polar surface area (TPSA) is 56.5 Å². The lowest BCUT2D eigenvalue weighted by Crippen LogP contribution is -2.44. The van der Waals surface area contributed by atoms with Crippen LogP contribution in [0.3, 0.4) is 0 Å². The number of benzene rings is 1. The summed E-state index contributed by atoms with van der Waals surface area (Å²) in [5.74, 6) is 6.77. The van der Waals surface area contributed by atoms with E-state index in [4.69, 9.17) is 15.3 Å². The molecule has 1 unspecified atom stereocenters. The van der Waals surface area contributed by atoms with Crippen molar-refractivity contribution in [2.24, 2.45) is 5.84 Å². The third-order valence-corrected chi connectivity index (χ3v) is 4.59. The Morgan fingerprint density at radius 3 is 2.95 bits per heavy atom. The van der Waals surface area contributed by atoms with E-state index in [-0.39, 0.29) is 11.6 Å². The Morgan fingerprint density at radius 2 is 2.32 bits per heavy atom. The van der Waals surface area contributed by atoms with Gasteiger partial charge in [0.05, 0.1) is 12.2 Å². The molecule has 2 aliphatic rings. The molecular weight excluding hydrogens is 240 g/mol. The van der Waals surface area contributed by atoms with E-state index in [0.717, 1.165) is 38.0 Å². The first-order valence-electron chi connectivity index (χ1n) is 7.03. The number of nitrogens with one attached hydrogen (secondary N) is 1. The lowest BCUT2D eigenvalue weighted by Gasteiger charge is -2.42. The fourth-order valence-corrected chi connectivity index (χ4v) is 3.13. The van der Waals surface area contributed by atoms with Crippen molar-refractivity contribution >= 4 is 0 Å². The number of nitrogens with two attached hydrogens (primary N) is 1. The van der Waals surface area contributed by atoms with Crippen molar-refractivity contribution in [3.05, 3.63) is 29.3 Å². The molecule has 0 aromatic heterocycles. The zero-order chi connectivity index (χ0) is 13.3. The van der Waals surface area contributed by atoms with Gasteiger partial charge in [-0.1, -0.05) is 12.1 Å². The van der Waals surface area contributed by atoms with Gasteiger partial charge in [-0.05, 0) is 42.9 Å². The van der Waals surface area contributed by atoms with Crippen molar-refractivity contribution in [1.29, 1.82) is 0 Å². The van der Waals surface area contributed by atoms with Gasteiger partial charge in [0.2, 0.25) is 0 Å². The Bertz CT molecular complexity index is 452. The van der Waals surface area contributed by atoms with E-state index in [0.29, 0.717) is 0 Å². The fraction of sp³-hybridized carbons (Fsp3) is 0.600. The van der Waals surface area contributed by atoms with Crippen molar-refractivity contribution in [1.82, 2.24) is 5.43 Å². The van der Waals surface area contributed by atoms with Crippen LogP contribution in [-0.4, -0.2) is 19.3 Å². The first-order chi connectivity index (χ1) is 9.26. The van der Waals surface area contributed by atoms with Crippen LogP contribution in [0.5, 0.6) is 5.75 Å². The molecule has 1 aromatic rings. The van der Waals surface area contributed by atoms with E-state index < -0.39 is 0 Å². The van der Waals surface area contributed by atoms with Crippen LogP contribution < -0.4 is 16.0 Å². The SMILES string of the molecule is COC1(CC(NN)c2ccc3c(c2)CCO3)CCC1. The largest absolute Gasteiger partial charge is 0.493 e. The highest BCUT2D eigenvalue weighted by atomic mass is 16.5. The Morgan fingerprint density at radius 1 is 1.47 bits per heavy atom. The van der Waals surface area contributed by atoms with Gasteiger partial charge in [-0.3, -0.25) is 11.3 Å². The summed E-state index contributed by atoms with van der Waals surface area (Å²) < 4.78 is 11.2. The molecule has 19 heavy (non-hydrogen) atoms. The summed E-state index contributed by atoms with van der Waals surface area (Å²) in [5, 5.41) is 0. The molecule has 0 bridgehead atoms. The highest BCUT2D eigenvalue weighted by molar-refractivity contribution is 5.40. The highest BCUT2D eigenvalue weighted by Crippen LogP contribution is 2.42. The zero-order valence-electron chi connectivity index (χ0n) is 11.4. The van der Waals surface area contributed by atoms with Gasteiger partial charge < -0.3 is 9.47 Å². The van der Waals surface area contributed by atoms with Crippen LogP contribution >= 0.6 is 0 Å². The molecule has 1 atom stereocenters. The molecule has 3 N–H and O–H groups in total. The Kier molecular flexibility index (Phi) is 3.48. The molecule has 0 saturated heterocycles. The number of hydrazine groups is 1. The Balaban J connectivity index is 1.78. The Labute approximate surface area is 114 Å². The smallest absolute Gasteiger partial charge is 0.122 e. The molecule has 1 aromatic carbocycles. The van der Waals surface area contributed by atoms with Crippen LogP contribution in [-0.2, 0) is 11.2 Å². The number of rotatable bonds is 5. The quantitative estimate of drug-likeness (QED) is 0.630. The first-order valence-corrected chi connectivity index (χ1v) is 7.03. The minimum absolute atomic E-state index is 0.0204. The standard InChI is InChI=1S/C15H22N2O2/c1-18-15(6-2-7-15)10-13(17-16)11-3-4-14-12(9-11)5-8-19-14/h3-4,9,13,17H,2,5-8,10,16H2,1H3. The molecule has 0 amide bonds. The van der Waals surface area contributed by atoms with Crippen LogP contribution in [0.25, 0.3) is 0 Å². The summed E-state index contributed by atoms with van der Waals surface area (Å²) >= 11 is 0. The molecule has 0 spiro atoms. The Hall–Kier alpha value is -1.10. The minimum atomic E-state index is 0.0204. The maximum absolute atomic E-state index is 5.75. The monoisotopic (exact) mass is 262 g/mol. The van der Waals surface area contributed by atoms with Crippen molar-refractivity contribution in [3.8, 4) is 5.75 Å². The van der Waals surface area contributed by atoms with Crippen LogP contribution in [0.4, 0.5) is 0 Å². The molecule has 104 valence electrons. The normalized spacial score (nSPS) is 21.4. The van der Waals surface area contributed by atoms with E-state index in [1.165, 1.54) is 17.5 Å². The van der Waals surface area contributed by atoms with E-state index in [9.17, 15) is 0 Å². The number of ether oxygens (including phenoxy) is 2. The molecule has 4 heteroatoms. The summed E-state index contributed by atoms with van der Waals surface area (Å²) in [6.07, 6.45) is 5.45. The lowest BCUT2D eigenvalue weighted by atomic mass is 9.74. The predicted molar refractivity (Wildman–Crippen MR) is 73.9 cm³/mol. The molecule has 1 aliphatic heterocycles. The second-order valence-electron chi connectivity index (χ2n) is 5.63. The number of hydrogen-bond acceptors (Lipinski definition) is 4. The van der Waals surface area contributed by atoms with Crippen molar-refractivity contribution in [2.45, 2.75) is 43.7 Å². The van der Waals surface area contributed by atoms with Gasteiger partial charge in [0.25, 0.3) is 0 Å². The van der Waals surface area contributed by atoms with Crippen molar-refractivity contribution in [2.75, 3.05) is 13.7 Å². The molecule has 1 aliphatic carbocycles. The van der Waals surface area contributed by atoms with Crippen molar-refractivity contribution < 1.29 is 9.47 Å². The molecule has 1 fully saturated rings. The minimum Gasteiger partial charge on any atom is -0.493 e. The molecule has 1 saturated carbocycles. The molecule has 4 nitrogen and oxygen atoms in total. The number of hydrogen-bond donors (Lipinski definition) is 2. The van der Waals surface area contributed by atoms with Crippen LogP contribution in [0, 0.1) is 0 Å². The van der Waals surface area contributed by atoms with E-state index in [1.54, 1.807) is 0 Å². The van der Waals surface area contributed by atoms with Crippen LogP contribution in [0.1, 0.15) is 42.9 Å². The number of methoxy groups -OCH3 is 1. The molecule has 1 heterocycles. The summed E-state index contributed by atoms with van der Waals surface area (Å²) in [5.41, 5.74) is 5.49. The lowest BCUT2D eigenvalue weighted by molar-refractivity contribution is -0.0838. The highest BCUT2D eigenvalue weighted by Gasteiger charge is 2.39. The molecule has 3 rings (SSSR count). The van der Waals surface area contributed by atoms with Crippen LogP contribution in [0.2, 0.25) is 0 Å². The summed E-state index contributed by atoms with van der Waals surface area (Å²) in [7, 11) is 1.81. The average molecular weight is 262 g/mol. The molecule has 0 radical (unpaired) electrons. The average Bonchev–Trinajstić information content (AvgIpc) is 2.85. The van der Waals surface area contributed by atoms with Gasteiger partial charge in [0, 0.05) is 19.6 Å². The van der Waals surface area contributed by atoms with Crippen LogP contribution in [0.15, 0.2) is 18.2 Å². The first kappa shape index (κ1) is 12.9. The number of fused-ring (bicyclic) bond motifs is 1. The maximum atomic E-state index is 5.75. The maximum Gasteiger partial charge on any atom is 0.122 e. The van der Waals surface area contributed by atoms with Gasteiger partial charge in [-0.2, -0.15) is 0 Å². The zero-order valence-corrected chi connectivity index (χ0v) is 11.4. The summed E-state index contributed by atoms with van der Waals surface area (Å²) in [4.78, 5) is 0. The van der Waals surface area contributed by atoms with Crippen molar-refractivity contribution in [3.63, 3.8) is 0 Å². The molecular formula is C15H22N2O2. The van der Waals surface area contributed by atoms with Gasteiger partial charge in [0.1, 0.15) is 5.75 Å². The van der Waals surface area contributed by atoms with E-state index >= 15 is 0 Å². The van der Waals surface area contributed by atoms with Gasteiger partial charge in [0.15, 0.2) is 0 Å². The summed E-state index contributed by atoms with van der Waals surface area (Å²) in [6, 6.07) is 6.53. The fourth-order valence-electron chi connectivity index (χ4n) is 3.13. The second kappa shape index (κ2) is 5.12. The van der Waals surface area contributed by atoms with E-state index in [1.807, 2.05) is 7.11 Å².